The minimum atomic E-state index is -0.124. The number of nitrogens with zero attached hydrogens (tertiary/aromatic N) is 3. The predicted molar refractivity (Wildman–Crippen MR) is 107 cm³/mol. The maximum Gasteiger partial charge on any atom is 0.266 e. The number of likely N-dealkylation sites (N-methyl/N-ethyl adjacent to an activating group) is 1. The van der Waals surface area contributed by atoms with Crippen molar-refractivity contribution in [2.75, 3.05) is 38.7 Å². The van der Waals surface area contributed by atoms with Gasteiger partial charge in [-0.05, 0) is 44.4 Å². The highest BCUT2D eigenvalue weighted by Gasteiger charge is 2.20. The van der Waals surface area contributed by atoms with Crippen LogP contribution in [0.2, 0.25) is 5.02 Å². The number of ether oxygens (including phenoxy) is 1. The van der Waals surface area contributed by atoms with E-state index in [1.54, 1.807) is 11.0 Å². The summed E-state index contributed by atoms with van der Waals surface area (Å²) in [6, 6.07) is 14.9. The van der Waals surface area contributed by atoms with Gasteiger partial charge >= 0.3 is 0 Å². The molecule has 0 saturated heterocycles. The molecule has 5 nitrogen and oxygen atoms in total. The van der Waals surface area contributed by atoms with Gasteiger partial charge in [0.05, 0.1) is 10.2 Å². The van der Waals surface area contributed by atoms with E-state index >= 15 is 0 Å². The van der Waals surface area contributed by atoms with Gasteiger partial charge in [-0.1, -0.05) is 41.1 Å². The predicted octanol–water partition coefficient (Wildman–Crippen LogP) is 3.92. The molecule has 1 amide bonds. The number of amides is 1. The number of halogens is 1. The third-order valence-electron chi connectivity index (χ3n) is 3.75. The lowest BCUT2D eigenvalue weighted by molar-refractivity contribution is -0.120. The van der Waals surface area contributed by atoms with Crippen LogP contribution in [-0.4, -0.2) is 49.6 Å². The highest BCUT2D eigenvalue weighted by molar-refractivity contribution is 7.22. The van der Waals surface area contributed by atoms with Gasteiger partial charge in [-0.3, -0.25) is 9.69 Å². The van der Waals surface area contributed by atoms with Crippen molar-refractivity contribution in [3.05, 3.63) is 53.6 Å². The maximum absolute atomic E-state index is 12.8. The summed E-state index contributed by atoms with van der Waals surface area (Å²) in [7, 11) is 3.95. The van der Waals surface area contributed by atoms with Crippen LogP contribution in [0.15, 0.2) is 48.5 Å². The quantitative estimate of drug-likeness (QED) is 0.614. The van der Waals surface area contributed by atoms with Crippen molar-refractivity contribution >= 4 is 44.2 Å². The molecule has 26 heavy (non-hydrogen) atoms. The van der Waals surface area contributed by atoms with E-state index < -0.39 is 0 Å². The monoisotopic (exact) mass is 389 g/mol. The number of carbonyl (C=O) groups excluding carboxylic acids is 1. The molecule has 3 aromatic rings. The first-order valence-corrected chi connectivity index (χ1v) is 9.41. The Labute approximate surface area is 161 Å². The van der Waals surface area contributed by atoms with Gasteiger partial charge in [0, 0.05) is 18.1 Å². The van der Waals surface area contributed by atoms with Gasteiger partial charge in [-0.2, -0.15) is 0 Å². The van der Waals surface area contributed by atoms with E-state index in [2.05, 4.69) is 4.98 Å². The number of thiazole rings is 1. The molecule has 0 N–H and O–H groups in total. The number of benzene rings is 2. The van der Waals surface area contributed by atoms with E-state index in [9.17, 15) is 4.79 Å². The number of rotatable bonds is 7. The van der Waals surface area contributed by atoms with Crippen LogP contribution in [0.4, 0.5) is 5.13 Å². The Balaban J connectivity index is 1.79. The fourth-order valence-electron chi connectivity index (χ4n) is 2.37. The molecule has 0 fully saturated rings. The molecule has 0 spiro atoms. The molecule has 3 rings (SSSR count). The largest absolute Gasteiger partial charge is 0.484 e. The van der Waals surface area contributed by atoms with Crippen molar-refractivity contribution in [2.45, 2.75) is 0 Å². The fraction of sp³-hybridized carbons (Fsp3) is 0.263. The summed E-state index contributed by atoms with van der Waals surface area (Å²) >= 11 is 7.52. The molecular formula is C19H20ClN3O2S. The van der Waals surface area contributed by atoms with Crippen LogP contribution in [0.3, 0.4) is 0 Å². The smallest absolute Gasteiger partial charge is 0.266 e. The third-order valence-corrected chi connectivity index (χ3v) is 5.02. The van der Waals surface area contributed by atoms with E-state index in [-0.39, 0.29) is 12.5 Å². The number of anilines is 1. The van der Waals surface area contributed by atoms with Crippen molar-refractivity contribution in [2.24, 2.45) is 0 Å². The summed E-state index contributed by atoms with van der Waals surface area (Å²) in [6.07, 6.45) is 0. The summed E-state index contributed by atoms with van der Waals surface area (Å²) in [6.45, 7) is 1.24. The van der Waals surface area contributed by atoms with Crippen LogP contribution in [0.1, 0.15) is 0 Å². The zero-order chi connectivity index (χ0) is 18.5. The number of aromatic nitrogens is 1. The molecule has 0 aliphatic carbocycles. The molecule has 0 saturated carbocycles. The van der Waals surface area contributed by atoms with Crippen molar-refractivity contribution in [1.82, 2.24) is 9.88 Å². The molecule has 0 radical (unpaired) electrons. The van der Waals surface area contributed by atoms with Gasteiger partial charge in [0.15, 0.2) is 11.7 Å². The molecule has 136 valence electrons. The van der Waals surface area contributed by atoms with Crippen molar-refractivity contribution in [3.63, 3.8) is 0 Å². The van der Waals surface area contributed by atoms with Crippen molar-refractivity contribution in [1.29, 1.82) is 0 Å². The molecule has 0 atom stereocenters. The number of fused-ring (bicyclic) bond motifs is 1. The minimum absolute atomic E-state index is 0.0336. The molecule has 2 aromatic carbocycles. The Morgan fingerprint density at radius 1 is 1.15 bits per heavy atom. The zero-order valence-electron chi connectivity index (χ0n) is 14.7. The van der Waals surface area contributed by atoms with Crippen LogP contribution < -0.4 is 9.64 Å². The molecule has 1 aromatic heterocycles. The third kappa shape index (κ3) is 4.72. The lowest BCUT2D eigenvalue weighted by atomic mass is 10.3. The van der Waals surface area contributed by atoms with Gasteiger partial charge in [0.25, 0.3) is 5.91 Å². The second-order valence-corrected chi connectivity index (χ2v) is 7.50. The first-order chi connectivity index (χ1) is 12.5. The van der Waals surface area contributed by atoms with E-state index in [0.717, 1.165) is 16.8 Å². The van der Waals surface area contributed by atoms with Gasteiger partial charge in [-0.15, -0.1) is 0 Å². The summed E-state index contributed by atoms with van der Waals surface area (Å²) in [4.78, 5) is 21.1. The fourth-order valence-corrected chi connectivity index (χ4v) is 3.65. The van der Waals surface area contributed by atoms with Gasteiger partial charge in [-0.25, -0.2) is 4.98 Å². The Morgan fingerprint density at radius 2 is 1.92 bits per heavy atom. The van der Waals surface area contributed by atoms with Gasteiger partial charge in [0.1, 0.15) is 5.75 Å². The summed E-state index contributed by atoms with van der Waals surface area (Å²) in [5.74, 6) is 0.547. The average Bonchev–Trinajstić information content (AvgIpc) is 3.03. The molecule has 1 heterocycles. The number of hydrogen-bond acceptors (Lipinski definition) is 5. The Bertz CT molecular complexity index is 883. The van der Waals surface area contributed by atoms with E-state index in [1.165, 1.54) is 11.3 Å². The van der Waals surface area contributed by atoms with E-state index in [4.69, 9.17) is 16.3 Å². The van der Waals surface area contributed by atoms with Crippen LogP contribution in [-0.2, 0) is 4.79 Å². The van der Waals surface area contributed by atoms with Crippen LogP contribution in [0.5, 0.6) is 5.75 Å². The SMILES string of the molecule is CN(C)CCN(C(=O)COc1ccccc1)c1nc2ccc(Cl)cc2s1. The first-order valence-electron chi connectivity index (χ1n) is 8.22. The molecule has 0 bridgehead atoms. The number of hydrogen-bond donors (Lipinski definition) is 0. The zero-order valence-corrected chi connectivity index (χ0v) is 16.3. The lowest BCUT2D eigenvalue weighted by Crippen LogP contribution is -2.39. The molecule has 0 unspecified atom stereocenters. The van der Waals surface area contributed by atoms with Gasteiger partial charge < -0.3 is 9.64 Å². The summed E-state index contributed by atoms with van der Waals surface area (Å²) in [5.41, 5.74) is 0.834. The lowest BCUT2D eigenvalue weighted by Gasteiger charge is -2.22. The Kier molecular flexibility index (Phi) is 6.08. The first kappa shape index (κ1) is 18.6. The van der Waals surface area contributed by atoms with E-state index in [0.29, 0.717) is 22.4 Å². The number of carbonyl (C=O) groups is 1. The molecule has 7 heteroatoms. The number of para-hydroxylation sites is 1. The van der Waals surface area contributed by atoms with Crippen molar-refractivity contribution in [3.8, 4) is 5.75 Å². The minimum Gasteiger partial charge on any atom is -0.484 e. The highest BCUT2D eigenvalue weighted by Crippen LogP contribution is 2.30. The summed E-state index contributed by atoms with van der Waals surface area (Å²) in [5, 5.41) is 1.32. The maximum atomic E-state index is 12.8. The van der Waals surface area contributed by atoms with Crippen LogP contribution in [0, 0.1) is 0 Å². The van der Waals surface area contributed by atoms with Gasteiger partial charge in [0.2, 0.25) is 0 Å². The van der Waals surface area contributed by atoms with Crippen molar-refractivity contribution < 1.29 is 9.53 Å². The normalized spacial score (nSPS) is 11.1. The molecule has 0 aliphatic rings. The second-order valence-electron chi connectivity index (χ2n) is 6.06. The van der Waals surface area contributed by atoms with Crippen LogP contribution >= 0.6 is 22.9 Å². The second kappa shape index (κ2) is 8.49. The average molecular weight is 390 g/mol. The summed E-state index contributed by atoms with van der Waals surface area (Å²) < 4.78 is 6.58. The standard InChI is InChI=1S/C19H20ClN3O2S/c1-22(2)10-11-23(18(24)13-25-15-6-4-3-5-7-15)19-21-16-9-8-14(20)12-17(16)26-19/h3-9,12H,10-11,13H2,1-2H3. The van der Waals surface area contributed by atoms with E-state index in [1.807, 2.05) is 61.5 Å². The molecular weight excluding hydrogens is 370 g/mol. The topological polar surface area (TPSA) is 45.7 Å². The highest BCUT2D eigenvalue weighted by atomic mass is 35.5. The Morgan fingerprint density at radius 3 is 2.65 bits per heavy atom. The van der Waals surface area contributed by atoms with Crippen LogP contribution in [0.25, 0.3) is 10.2 Å². The molecule has 0 aliphatic heterocycles. The Hall–Kier alpha value is -2.15.